The summed E-state index contributed by atoms with van der Waals surface area (Å²) in [4.78, 5) is 5.45. The lowest BCUT2D eigenvalue weighted by atomic mass is 10.2. The molecule has 4 nitrogen and oxygen atoms in total. The summed E-state index contributed by atoms with van der Waals surface area (Å²) < 4.78 is 10.9. The van der Waals surface area contributed by atoms with Gasteiger partial charge in [-0.1, -0.05) is 30.4 Å². The third-order valence-corrected chi connectivity index (χ3v) is 3.66. The Balaban J connectivity index is 1.78. The average Bonchev–Trinajstić information content (AvgIpc) is 2.93. The van der Waals surface area contributed by atoms with Crippen LogP contribution in [0.15, 0.2) is 30.5 Å². The minimum atomic E-state index is 0.576. The molecule has 0 atom stereocenters. The maximum atomic E-state index is 5.71. The Morgan fingerprint density at radius 1 is 1.30 bits per heavy atom. The number of aromatic nitrogens is 1. The summed E-state index contributed by atoms with van der Waals surface area (Å²) in [5.74, 6) is 0.856. The first-order valence-corrected chi connectivity index (χ1v) is 7.52. The highest BCUT2D eigenvalue weighted by molar-refractivity contribution is 7.15. The van der Waals surface area contributed by atoms with Crippen molar-refractivity contribution >= 4 is 16.5 Å². The van der Waals surface area contributed by atoms with Crippen LogP contribution >= 0.6 is 11.3 Å². The van der Waals surface area contributed by atoms with Gasteiger partial charge in [0, 0.05) is 12.7 Å². The minimum Gasteiger partial charge on any atom is -0.497 e. The highest BCUT2D eigenvalue weighted by atomic mass is 32.1. The van der Waals surface area contributed by atoms with Gasteiger partial charge in [0.2, 0.25) is 0 Å². The number of rotatable bonds is 8. The second-order valence-electron chi connectivity index (χ2n) is 4.40. The van der Waals surface area contributed by atoms with Gasteiger partial charge < -0.3 is 14.8 Å². The molecule has 2 rings (SSSR count). The Morgan fingerprint density at radius 2 is 2.20 bits per heavy atom. The van der Waals surface area contributed by atoms with E-state index in [1.165, 1.54) is 0 Å². The Bertz CT molecular complexity index is 528. The summed E-state index contributed by atoms with van der Waals surface area (Å²) in [5.41, 5.74) is 1.11. The molecule has 0 saturated carbocycles. The van der Waals surface area contributed by atoms with Crippen LogP contribution in [0.5, 0.6) is 5.75 Å². The lowest BCUT2D eigenvalue weighted by Gasteiger charge is -2.05. The first kappa shape index (κ1) is 14.8. The molecule has 0 aliphatic carbocycles. The van der Waals surface area contributed by atoms with Gasteiger partial charge in [-0.2, -0.15) is 0 Å². The standard InChI is InChI=1S/C15H20N2O2S/c1-3-7-16-15-17-9-14(20-15)11-19-10-12-5-4-6-13(8-12)18-2/h4-6,8-9H,3,7,10-11H2,1-2H3,(H,16,17). The van der Waals surface area contributed by atoms with Gasteiger partial charge in [-0.15, -0.1) is 0 Å². The molecule has 0 amide bonds. The quantitative estimate of drug-likeness (QED) is 0.806. The fourth-order valence-corrected chi connectivity index (χ4v) is 2.50. The average molecular weight is 292 g/mol. The summed E-state index contributed by atoms with van der Waals surface area (Å²) in [6.07, 6.45) is 2.97. The molecule has 1 heterocycles. The Kier molecular flexibility index (Phi) is 5.83. The molecule has 1 N–H and O–H groups in total. The van der Waals surface area contributed by atoms with E-state index in [0.717, 1.165) is 34.3 Å². The molecule has 5 heteroatoms. The summed E-state index contributed by atoms with van der Waals surface area (Å²) >= 11 is 1.64. The number of hydrogen-bond donors (Lipinski definition) is 1. The van der Waals surface area contributed by atoms with Crippen LogP contribution in [-0.2, 0) is 18.0 Å². The smallest absolute Gasteiger partial charge is 0.182 e. The summed E-state index contributed by atoms with van der Waals surface area (Å²) in [7, 11) is 1.67. The van der Waals surface area contributed by atoms with E-state index in [4.69, 9.17) is 9.47 Å². The lowest BCUT2D eigenvalue weighted by molar-refractivity contribution is 0.109. The second-order valence-corrected chi connectivity index (χ2v) is 5.52. The van der Waals surface area contributed by atoms with E-state index < -0.39 is 0 Å². The van der Waals surface area contributed by atoms with Crippen LogP contribution in [0.3, 0.4) is 0 Å². The van der Waals surface area contributed by atoms with Crippen molar-refractivity contribution in [1.29, 1.82) is 0 Å². The monoisotopic (exact) mass is 292 g/mol. The van der Waals surface area contributed by atoms with Crippen molar-refractivity contribution in [2.45, 2.75) is 26.6 Å². The number of ether oxygens (including phenoxy) is 2. The minimum absolute atomic E-state index is 0.576. The van der Waals surface area contributed by atoms with Gasteiger partial charge in [-0.3, -0.25) is 0 Å². The number of thiazole rings is 1. The summed E-state index contributed by atoms with van der Waals surface area (Å²) in [5, 5.41) is 4.24. The maximum Gasteiger partial charge on any atom is 0.182 e. The van der Waals surface area contributed by atoms with Crippen molar-refractivity contribution < 1.29 is 9.47 Å². The van der Waals surface area contributed by atoms with Gasteiger partial charge >= 0.3 is 0 Å². The van der Waals surface area contributed by atoms with Gasteiger partial charge in [0.25, 0.3) is 0 Å². The van der Waals surface area contributed by atoms with E-state index in [2.05, 4.69) is 17.2 Å². The van der Waals surface area contributed by atoms with Crippen molar-refractivity contribution in [1.82, 2.24) is 4.98 Å². The zero-order chi connectivity index (χ0) is 14.2. The van der Waals surface area contributed by atoms with Gasteiger partial charge in [0.15, 0.2) is 5.13 Å². The molecule has 0 fully saturated rings. The van der Waals surface area contributed by atoms with Crippen molar-refractivity contribution in [2.24, 2.45) is 0 Å². The second kappa shape index (κ2) is 7.87. The third-order valence-electron chi connectivity index (χ3n) is 2.73. The van der Waals surface area contributed by atoms with Crippen molar-refractivity contribution in [3.05, 3.63) is 40.9 Å². The number of nitrogens with zero attached hydrogens (tertiary/aromatic N) is 1. The zero-order valence-corrected chi connectivity index (χ0v) is 12.7. The summed E-state index contributed by atoms with van der Waals surface area (Å²) in [6, 6.07) is 7.92. The van der Waals surface area contributed by atoms with Crippen LogP contribution in [0.25, 0.3) is 0 Å². The van der Waals surface area contributed by atoms with Gasteiger partial charge in [-0.25, -0.2) is 4.98 Å². The van der Waals surface area contributed by atoms with Crippen molar-refractivity contribution in [3.63, 3.8) is 0 Å². The number of methoxy groups -OCH3 is 1. The van der Waals surface area contributed by atoms with E-state index in [1.54, 1.807) is 18.4 Å². The van der Waals surface area contributed by atoms with E-state index in [1.807, 2.05) is 30.5 Å². The third kappa shape index (κ3) is 4.51. The molecule has 0 aliphatic rings. The highest BCUT2D eigenvalue weighted by Crippen LogP contribution is 2.20. The van der Waals surface area contributed by atoms with Crippen LogP contribution in [0.4, 0.5) is 5.13 Å². The predicted octanol–water partition coefficient (Wildman–Crippen LogP) is 3.69. The van der Waals surface area contributed by atoms with Gasteiger partial charge in [0.1, 0.15) is 5.75 Å². The topological polar surface area (TPSA) is 43.4 Å². The van der Waals surface area contributed by atoms with E-state index >= 15 is 0 Å². The molecule has 108 valence electrons. The highest BCUT2D eigenvalue weighted by Gasteiger charge is 2.02. The fraction of sp³-hybridized carbons (Fsp3) is 0.400. The van der Waals surface area contributed by atoms with E-state index in [-0.39, 0.29) is 0 Å². The van der Waals surface area contributed by atoms with E-state index in [9.17, 15) is 0 Å². The van der Waals surface area contributed by atoms with Crippen LogP contribution < -0.4 is 10.1 Å². The molecule has 1 aromatic carbocycles. The molecule has 0 unspecified atom stereocenters. The summed E-state index contributed by atoms with van der Waals surface area (Å²) in [6.45, 7) is 4.26. The van der Waals surface area contributed by atoms with Crippen LogP contribution in [0.2, 0.25) is 0 Å². The van der Waals surface area contributed by atoms with Gasteiger partial charge in [0.05, 0.1) is 25.2 Å². The maximum absolute atomic E-state index is 5.71. The SMILES string of the molecule is CCCNc1ncc(COCc2cccc(OC)c2)s1. The lowest BCUT2D eigenvalue weighted by Crippen LogP contribution is -1.97. The molecule has 0 radical (unpaired) electrons. The largest absolute Gasteiger partial charge is 0.497 e. The molecule has 0 saturated heterocycles. The molecule has 2 aromatic rings. The number of anilines is 1. The number of benzene rings is 1. The fourth-order valence-electron chi connectivity index (χ4n) is 1.72. The van der Waals surface area contributed by atoms with Crippen LogP contribution in [0.1, 0.15) is 23.8 Å². The van der Waals surface area contributed by atoms with Crippen molar-refractivity contribution in [3.8, 4) is 5.75 Å². The first-order valence-electron chi connectivity index (χ1n) is 6.71. The predicted molar refractivity (Wildman–Crippen MR) is 82.4 cm³/mol. The van der Waals surface area contributed by atoms with E-state index in [0.29, 0.717) is 13.2 Å². The number of hydrogen-bond acceptors (Lipinski definition) is 5. The molecule has 0 aliphatic heterocycles. The zero-order valence-electron chi connectivity index (χ0n) is 11.9. The van der Waals surface area contributed by atoms with Crippen LogP contribution in [-0.4, -0.2) is 18.6 Å². The molecular weight excluding hydrogens is 272 g/mol. The van der Waals surface area contributed by atoms with Crippen LogP contribution in [0, 0.1) is 0 Å². The Hall–Kier alpha value is -1.59. The first-order chi connectivity index (χ1) is 9.81. The molecule has 1 aromatic heterocycles. The van der Waals surface area contributed by atoms with Gasteiger partial charge in [-0.05, 0) is 24.1 Å². The van der Waals surface area contributed by atoms with Crippen molar-refractivity contribution in [2.75, 3.05) is 19.0 Å². The molecule has 0 bridgehead atoms. The Labute approximate surface area is 123 Å². The normalized spacial score (nSPS) is 10.5. The molecule has 0 spiro atoms. The number of nitrogens with one attached hydrogen (secondary N) is 1. The Morgan fingerprint density at radius 3 is 3.00 bits per heavy atom. The molecular formula is C15H20N2O2S. The molecule has 20 heavy (non-hydrogen) atoms.